The summed E-state index contributed by atoms with van der Waals surface area (Å²) < 4.78 is 12.2. The molecule has 1 fully saturated rings. The molecule has 2 aliphatic rings. The van der Waals surface area contributed by atoms with E-state index in [0.29, 0.717) is 17.4 Å². The zero-order valence-corrected chi connectivity index (χ0v) is 18.9. The van der Waals surface area contributed by atoms with E-state index in [4.69, 9.17) is 9.16 Å². The van der Waals surface area contributed by atoms with Gasteiger partial charge in [0.05, 0.1) is 18.8 Å². The molecule has 1 saturated heterocycles. The van der Waals surface area contributed by atoms with Crippen molar-refractivity contribution >= 4 is 14.3 Å². The van der Waals surface area contributed by atoms with Gasteiger partial charge in [0.15, 0.2) is 0 Å². The molecule has 0 aromatic carbocycles. The monoisotopic (exact) mass is 366 g/mol. The van der Waals surface area contributed by atoms with Crippen LogP contribution in [-0.4, -0.2) is 21.4 Å². The number of methoxy groups -OCH3 is 1. The molecule has 0 aromatic rings. The highest BCUT2D eigenvalue weighted by atomic mass is 28.4. The van der Waals surface area contributed by atoms with Gasteiger partial charge in [-0.1, -0.05) is 62.3 Å². The van der Waals surface area contributed by atoms with Gasteiger partial charge in [-0.15, -0.1) is 0 Å². The third-order valence-electron chi connectivity index (χ3n) is 6.63. The normalized spacial score (nSPS) is 29.5. The third-order valence-corrected chi connectivity index (χ3v) is 13.3. The van der Waals surface area contributed by atoms with E-state index in [1.165, 1.54) is 18.4 Å². The Labute approximate surface area is 155 Å². The number of carbonyl (C=O) groups is 1. The summed E-state index contributed by atoms with van der Waals surface area (Å²) in [6, 6.07) is 0. The minimum Gasteiger partial charge on any atom is -0.545 e. The summed E-state index contributed by atoms with van der Waals surface area (Å²) in [6.45, 7) is 21.0. The number of allylic oxidation sites excluding steroid dienone is 2. The molecule has 4 heteroatoms. The number of ether oxygens (including phenoxy) is 1. The minimum atomic E-state index is -2.14. The second-order valence-electron chi connectivity index (χ2n) is 10.4. The fourth-order valence-corrected chi connectivity index (χ4v) is 13.2. The first kappa shape index (κ1) is 20.5. The van der Waals surface area contributed by atoms with E-state index >= 15 is 0 Å². The molecule has 0 aromatic heterocycles. The standard InChI is InChI=1S/C21H38O3Si/c1-13(2)16-11-15(19(22)23-10)12-17-14(3)25(20(4,5)6,21(7,8)9)24-18(16)17/h13-15,17H,11-12H2,1-10H3/t14-,15+,17-/m0/s1. The van der Waals surface area contributed by atoms with Crippen molar-refractivity contribution < 1.29 is 14.0 Å². The fraction of sp³-hybridized carbons (Fsp3) is 0.857. The van der Waals surface area contributed by atoms with Crippen LogP contribution in [0.2, 0.25) is 15.6 Å². The first-order valence-corrected chi connectivity index (χ1v) is 11.8. The lowest BCUT2D eigenvalue weighted by molar-refractivity contribution is -0.146. The summed E-state index contributed by atoms with van der Waals surface area (Å²) in [7, 11) is -0.631. The molecule has 144 valence electrons. The number of hydrogen-bond acceptors (Lipinski definition) is 3. The molecule has 2 rings (SSSR count). The van der Waals surface area contributed by atoms with Crippen molar-refractivity contribution in [1.29, 1.82) is 0 Å². The predicted molar refractivity (Wildman–Crippen MR) is 106 cm³/mol. The van der Waals surface area contributed by atoms with E-state index in [1.807, 2.05) is 0 Å². The molecule has 0 spiro atoms. The van der Waals surface area contributed by atoms with Crippen molar-refractivity contribution in [3.63, 3.8) is 0 Å². The summed E-state index contributed by atoms with van der Waals surface area (Å²) in [6.07, 6.45) is 1.67. The second-order valence-corrected chi connectivity index (χ2v) is 16.0. The van der Waals surface area contributed by atoms with Crippen molar-refractivity contribution in [1.82, 2.24) is 0 Å². The zero-order chi connectivity index (χ0) is 19.4. The van der Waals surface area contributed by atoms with Gasteiger partial charge in [-0.25, -0.2) is 0 Å². The first-order valence-electron chi connectivity index (χ1n) is 9.77. The quantitative estimate of drug-likeness (QED) is 0.440. The topological polar surface area (TPSA) is 35.5 Å². The summed E-state index contributed by atoms with van der Waals surface area (Å²) in [5.74, 6) is 1.92. The molecule has 25 heavy (non-hydrogen) atoms. The lowest BCUT2D eigenvalue weighted by Gasteiger charge is -2.50. The number of hydrogen-bond donors (Lipinski definition) is 0. The van der Waals surface area contributed by atoms with Gasteiger partial charge in [0, 0.05) is 5.92 Å². The summed E-state index contributed by atoms with van der Waals surface area (Å²) in [4.78, 5) is 12.3. The van der Waals surface area contributed by atoms with Crippen LogP contribution >= 0.6 is 0 Å². The van der Waals surface area contributed by atoms with E-state index in [2.05, 4.69) is 62.3 Å². The van der Waals surface area contributed by atoms with Crippen LogP contribution in [0.3, 0.4) is 0 Å². The molecule has 1 aliphatic heterocycles. The molecule has 0 bridgehead atoms. The average molecular weight is 367 g/mol. The Balaban J connectivity index is 2.60. The molecule has 0 amide bonds. The van der Waals surface area contributed by atoms with Gasteiger partial charge in [0.25, 0.3) is 8.32 Å². The maximum Gasteiger partial charge on any atom is 0.309 e. The molecule has 1 aliphatic carbocycles. The Morgan fingerprint density at radius 1 is 1.16 bits per heavy atom. The van der Waals surface area contributed by atoms with Gasteiger partial charge in [-0.3, -0.25) is 4.79 Å². The maximum atomic E-state index is 12.3. The molecule has 0 N–H and O–H groups in total. The Kier molecular flexibility index (Phi) is 5.29. The van der Waals surface area contributed by atoms with Crippen molar-refractivity contribution in [3.05, 3.63) is 11.3 Å². The molecule has 1 heterocycles. The lowest BCUT2D eigenvalue weighted by Crippen LogP contribution is -2.54. The summed E-state index contributed by atoms with van der Waals surface area (Å²) in [5.41, 5.74) is 1.84. The summed E-state index contributed by atoms with van der Waals surface area (Å²) in [5, 5.41) is 0.274. The van der Waals surface area contributed by atoms with E-state index in [9.17, 15) is 4.79 Å². The van der Waals surface area contributed by atoms with Crippen molar-refractivity contribution in [2.75, 3.05) is 7.11 Å². The molecule has 0 saturated carbocycles. The number of rotatable bonds is 2. The van der Waals surface area contributed by atoms with E-state index in [0.717, 1.165) is 12.8 Å². The van der Waals surface area contributed by atoms with Crippen LogP contribution in [0.4, 0.5) is 0 Å². The molecule has 0 radical (unpaired) electrons. The van der Waals surface area contributed by atoms with Gasteiger partial charge in [0.2, 0.25) is 0 Å². The highest BCUT2D eigenvalue weighted by molar-refractivity contribution is 6.81. The Hall–Kier alpha value is -0.773. The maximum absolute atomic E-state index is 12.3. The number of esters is 1. The van der Waals surface area contributed by atoms with E-state index in [1.54, 1.807) is 0 Å². The van der Waals surface area contributed by atoms with Crippen LogP contribution in [0.1, 0.15) is 75.2 Å². The smallest absolute Gasteiger partial charge is 0.309 e. The predicted octanol–water partition coefficient (Wildman–Crippen LogP) is 6.06. The molecule has 0 unspecified atom stereocenters. The minimum absolute atomic E-state index is 0.0214. The van der Waals surface area contributed by atoms with E-state index in [-0.39, 0.29) is 22.0 Å². The third kappa shape index (κ3) is 3.09. The molecular weight excluding hydrogens is 328 g/mol. The van der Waals surface area contributed by atoms with Crippen molar-refractivity contribution in [2.24, 2.45) is 17.8 Å². The molecule has 3 nitrogen and oxygen atoms in total. The fourth-order valence-electron chi connectivity index (χ4n) is 5.89. The largest absolute Gasteiger partial charge is 0.545 e. The van der Waals surface area contributed by atoms with Crippen LogP contribution in [0, 0.1) is 17.8 Å². The zero-order valence-electron chi connectivity index (χ0n) is 17.9. The highest BCUT2D eigenvalue weighted by Gasteiger charge is 2.67. The number of carbonyl (C=O) groups excluding carboxylic acids is 1. The molecular formula is C21H38O3Si. The van der Waals surface area contributed by atoms with Crippen LogP contribution in [0.15, 0.2) is 11.3 Å². The number of fused-ring (bicyclic) bond motifs is 1. The highest BCUT2D eigenvalue weighted by Crippen LogP contribution is 2.67. The Morgan fingerprint density at radius 2 is 1.68 bits per heavy atom. The Morgan fingerprint density at radius 3 is 2.08 bits per heavy atom. The Bertz CT molecular complexity index is 549. The van der Waals surface area contributed by atoms with Gasteiger partial charge < -0.3 is 9.16 Å². The van der Waals surface area contributed by atoms with Crippen molar-refractivity contribution in [3.8, 4) is 0 Å². The van der Waals surface area contributed by atoms with Gasteiger partial charge in [-0.05, 0) is 40.0 Å². The van der Waals surface area contributed by atoms with Crippen LogP contribution < -0.4 is 0 Å². The van der Waals surface area contributed by atoms with Crippen molar-refractivity contribution in [2.45, 2.75) is 90.8 Å². The lowest BCUT2D eigenvalue weighted by atomic mass is 9.76. The van der Waals surface area contributed by atoms with Gasteiger partial charge >= 0.3 is 5.97 Å². The second kappa shape index (κ2) is 6.44. The van der Waals surface area contributed by atoms with Gasteiger partial charge in [-0.2, -0.15) is 0 Å². The van der Waals surface area contributed by atoms with Crippen LogP contribution in [0.5, 0.6) is 0 Å². The van der Waals surface area contributed by atoms with E-state index < -0.39 is 8.32 Å². The van der Waals surface area contributed by atoms with Crippen LogP contribution in [0.25, 0.3) is 0 Å². The summed E-state index contributed by atoms with van der Waals surface area (Å²) >= 11 is 0. The first-order chi connectivity index (χ1) is 11.3. The SMILES string of the molecule is COC(=O)[C@@H]1CC(C(C)C)=C2O[Si](C(C)(C)C)(C(C)(C)C)[C@@H](C)[C@@H]2C1. The average Bonchev–Trinajstić information content (AvgIpc) is 2.79. The van der Waals surface area contributed by atoms with Crippen LogP contribution in [-0.2, 0) is 14.0 Å². The van der Waals surface area contributed by atoms with Gasteiger partial charge in [0.1, 0.15) is 0 Å². The molecule has 3 atom stereocenters.